The standard InChI is InChI=1S/C17H23NO2/c1-11(13-6-4-3-5-7-13)18-15-9-8-14(10-16(15)20)17(18)12(2)19/h3-7,11,14-17,20H,8-10H2,1-2H3/t11-,14-,15+,16+,17-/m1/s1. The van der Waals surface area contributed by atoms with Crippen LogP contribution in [0.5, 0.6) is 0 Å². The molecule has 2 aliphatic heterocycles. The Morgan fingerprint density at radius 3 is 2.60 bits per heavy atom. The lowest BCUT2D eigenvalue weighted by Crippen LogP contribution is -2.63. The second-order valence-corrected chi connectivity index (χ2v) is 6.30. The van der Waals surface area contributed by atoms with Crippen LogP contribution in [0, 0.1) is 5.92 Å². The van der Waals surface area contributed by atoms with Crippen LogP contribution in [-0.4, -0.2) is 34.0 Å². The average molecular weight is 273 g/mol. The van der Waals surface area contributed by atoms with Crippen LogP contribution >= 0.6 is 0 Å². The lowest BCUT2D eigenvalue weighted by Gasteiger charge is -2.55. The summed E-state index contributed by atoms with van der Waals surface area (Å²) in [5, 5.41) is 10.3. The van der Waals surface area contributed by atoms with Gasteiger partial charge in [0.2, 0.25) is 0 Å². The topological polar surface area (TPSA) is 40.5 Å². The van der Waals surface area contributed by atoms with E-state index in [9.17, 15) is 9.90 Å². The normalized spacial score (nSPS) is 35.0. The van der Waals surface area contributed by atoms with Crippen molar-refractivity contribution >= 4 is 5.78 Å². The maximum Gasteiger partial charge on any atom is 0.147 e. The fraction of sp³-hybridized carbons (Fsp3) is 0.588. The van der Waals surface area contributed by atoms with Crippen molar-refractivity contribution in [2.45, 2.75) is 57.3 Å². The Morgan fingerprint density at radius 1 is 1.30 bits per heavy atom. The number of aliphatic hydroxyl groups excluding tert-OH is 1. The van der Waals surface area contributed by atoms with Gasteiger partial charge in [-0.1, -0.05) is 30.3 Å². The van der Waals surface area contributed by atoms with Gasteiger partial charge in [-0.3, -0.25) is 9.69 Å². The van der Waals surface area contributed by atoms with Crippen molar-refractivity contribution in [3.05, 3.63) is 35.9 Å². The number of benzene rings is 1. The summed E-state index contributed by atoms with van der Waals surface area (Å²) < 4.78 is 0. The van der Waals surface area contributed by atoms with Crippen LogP contribution in [0.3, 0.4) is 0 Å². The Balaban J connectivity index is 1.94. The molecule has 1 aromatic carbocycles. The average Bonchev–Trinajstić information content (AvgIpc) is 2.46. The Bertz CT molecular complexity index is 487. The number of piperidine rings is 2. The highest BCUT2D eigenvalue weighted by Gasteiger charge is 2.49. The van der Waals surface area contributed by atoms with E-state index in [0.29, 0.717) is 5.92 Å². The van der Waals surface area contributed by atoms with Crippen LogP contribution in [0.25, 0.3) is 0 Å². The molecule has 1 aliphatic carbocycles. The van der Waals surface area contributed by atoms with Crippen molar-refractivity contribution in [3.63, 3.8) is 0 Å². The van der Waals surface area contributed by atoms with Crippen molar-refractivity contribution in [1.29, 1.82) is 0 Å². The monoisotopic (exact) mass is 273 g/mol. The second kappa shape index (κ2) is 5.30. The molecule has 3 heteroatoms. The third kappa shape index (κ3) is 2.19. The van der Waals surface area contributed by atoms with Gasteiger partial charge in [-0.05, 0) is 44.6 Å². The zero-order valence-electron chi connectivity index (χ0n) is 12.2. The summed E-state index contributed by atoms with van der Waals surface area (Å²) in [5.41, 5.74) is 1.22. The summed E-state index contributed by atoms with van der Waals surface area (Å²) in [6.07, 6.45) is 2.58. The van der Waals surface area contributed by atoms with Crippen LogP contribution in [0.2, 0.25) is 0 Å². The lowest BCUT2D eigenvalue weighted by atomic mass is 9.71. The van der Waals surface area contributed by atoms with E-state index in [4.69, 9.17) is 0 Å². The minimum Gasteiger partial charge on any atom is -0.391 e. The maximum absolute atomic E-state index is 12.1. The van der Waals surface area contributed by atoms with E-state index in [1.807, 2.05) is 18.2 Å². The Hall–Kier alpha value is -1.19. The van der Waals surface area contributed by atoms with Crippen molar-refractivity contribution in [1.82, 2.24) is 4.90 Å². The molecule has 3 fully saturated rings. The largest absolute Gasteiger partial charge is 0.391 e. The molecule has 1 aromatic rings. The van der Waals surface area contributed by atoms with Gasteiger partial charge < -0.3 is 5.11 Å². The first kappa shape index (κ1) is 13.8. The molecule has 0 amide bonds. The third-order valence-electron chi connectivity index (χ3n) is 5.12. The molecule has 2 saturated heterocycles. The molecule has 1 N–H and O–H groups in total. The van der Waals surface area contributed by atoms with Crippen molar-refractivity contribution in [3.8, 4) is 0 Å². The molecule has 0 radical (unpaired) electrons. The zero-order valence-corrected chi connectivity index (χ0v) is 12.2. The van der Waals surface area contributed by atoms with Crippen LogP contribution in [-0.2, 0) is 4.79 Å². The predicted octanol–water partition coefficient (Wildman–Crippen LogP) is 2.55. The van der Waals surface area contributed by atoms with E-state index in [0.717, 1.165) is 19.3 Å². The van der Waals surface area contributed by atoms with Crippen LogP contribution in [0.4, 0.5) is 0 Å². The molecule has 2 heterocycles. The molecule has 0 aromatic heterocycles. The molecule has 108 valence electrons. The quantitative estimate of drug-likeness (QED) is 0.920. The van der Waals surface area contributed by atoms with Crippen LogP contribution < -0.4 is 0 Å². The second-order valence-electron chi connectivity index (χ2n) is 6.30. The maximum atomic E-state index is 12.1. The smallest absolute Gasteiger partial charge is 0.147 e. The number of hydrogen-bond acceptors (Lipinski definition) is 3. The number of aliphatic hydroxyl groups is 1. The van der Waals surface area contributed by atoms with Crippen LogP contribution in [0.15, 0.2) is 30.3 Å². The number of carbonyl (C=O) groups excluding carboxylic acids is 1. The van der Waals surface area contributed by atoms with Gasteiger partial charge in [-0.2, -0.15) is 0 Å². The highest BCUT2D eigenvalue weighted by Crippen LogP contribution is 2.44. The zero-order chi connectivity index (χ0) is 14.3. The summed E-state index contributed by atoms with van der Waals surface area (Å²) in [6.45, 7) is 3.85. The number of rotatable bonds is 3. The highest BCUT2D eigenvalue weighted by atomic mass is 16.3. The van der Waals surface area contributed by atoms with Crippen LogP contribution in [0.1, 0.15) is 44.7 Å². The van der Waals surface area contributed by atoms with Crippen molar-refractivity contribution in [2.24, 2.45) is 5.92 Å². The first-order chi connectivity index (χ1) is 9.59. The molecule has 5 atom stereocenters. The van der Waals surface area contributed by atoms with Gasteiger partial charge in [0.1, 0.15) is 5.78 Å². The summed E-state index contributed by atoms with van der Waals surface area (Å²) in [7, 11) is 0. The van der Waals surface area contributed by atoms with Gasteiger partial charge in [-0.25, -0.2) is 0 Å². The summed E-state index contributed by atoms with van der Waals surface area (Å²) in [6, 6.07) is 10.6. The molecule has 4 rings (SSSR count). The highest BCUT2D eigenvalue weighted by molar-refractivity contribution is 5.82. The lowest BCUT2D eigenvalue weighted by molar-refractivity contribution is -0.145. The minimum atomic E-state index is -0.282. The Kier molecular flexibility index (Phi) is 3.65. The molecule has 2 bridgehead atoms. The summed E-state index contributed by atoms with van der Waals surface area (Å²) >= 11 is 0. The summed E-state index contributed by atoms with van der Waals surface area (Å²) in [5.74, 6) is 0.563. The van der Waals surface area contributed by atoms with E-state index in [2.05, 4.69) is 24.0 Å². The van der Waals surface area contributed by atoms with Gasteiger partial charge in [0.25, 0.3) is 0 Å². The van der Waals surface area contributed by atoms with Gasteiger partial charge in [0.05, 0.1) is 12.1 Å². The number of Topliss-reactive ketones (excluding diaryl/α,β-unsaturated/α-hetero) is 1. The predicted molar refractivity (Wildman–Crippen MR) is 78.3 cm³/mol. The Morgan fingerprint density at radius 2 is 2.00 bits per heavy atom. The number of fused-ring (bicyclic) bond motifs is 3. The molecule has 0 spiro atoms. The minimum absolute atomic E-state index is 0.0210. The van der Waals surface area contributed by atoms with E-state index in [-0.39, 0.29) is 30.0 Å². The Labute approximate surface area is 120 Å². The third-order valence-corrected chi connectivity index (χ3v) is 5.12. The fourth-order valence-electron chi connectivity index (χ4n) is 4.22. The number of ketones is 1. The van der Waals surface area contributed by atoms with E-state index in [1.165, 1.54) is 5.56 Å². The van der Waals surface area contributed by atoms with E-state index < -0.39 is 0 Å². The van der Waals surface area contributed by atoms with Crippen molar-refractivity contribution in [2.75, 3.05) is 0 Å². The molecular weight excluding hydrogens is 250 g/mol. The SMILES string of the molecule is CC(=O)[C@@H]1[C@@H]2CC[C@@H]([C@@H](O)C2)N1[C@H](C)c1ccccc1. The molecule has 3 aliphatic rings. The first-order valence-electron chi connectivity index (χ1n) is 7.60. The molecule has 1 saturated carbocycles. The molecular formula is C17H23NO2. The molecule has 3 nitrogen and oxygen atoms in total. The van der Waals surface area contributed by atoms with E-state index >= 15 is 0 Å². The molecule has 0 unspecified atom stereocenters. The van der Waals surface area contributed by atoms with E-state index in [1.54, 1.807) is 6.92 Å². The van der Waals surface area contributed by atoms with Gasteiger partial charge in [-0.15, -0.1) is 0 Å². The molecule has 20 heavy (non-hydrogen) atoms. The van der Waals surface area contributed by atoms with Crippen molar-refractivity contribution < 1.29 is 9.90 Å². The fourth-order valence-corrected chi connectivity index (χ4v) is 4.22. The van der Waals surface area contributed by atoms with Gasteiger partial charge >= 0.3 is 0 Å². The first-order valence-corrected chi connectivity index (χ1v) is 7.60. The van der Waals surface area contributed by atoms with Gasteiger partial charge in [0.15, 0.2) is 0 Å². The number of carbonyl (C=O) groups is 1. The summed E-state index contributed by atoms with van der Waals surface area (Å²) in [4.78, 5) is 14.4. The number of nitrogens with zero attached hydrogens (tertiary/aromatic N) is 1. The number of hydrogen-bond donors (Lipinski definition) is 1. The van der Waals surface area contributed by atoms with Gasteiger partial charge in [0, 0.05) is 12.1 Å².